The summed E-state index contributed by atoms with van der Waals surface area (Å²) in [4.78, 5) is 24.6. The number of aryl methyl sites for hydroxylation is 1. The average Bonchev–Trinajstić information content (AvgIpc) is 2.75. The van der Waals surface area contributed by atoms with E-state index in [9.17, 15) is 18.0 Å². The van der Waals surface area contributed by atoms with Crippen LogP contribution in [0.2, 0.25) is 5.02 Å². The number of ether oxygens (including phenoxy) is 2. The SMILES string of the molecule is COC(=O)c1ccc(C)c(NC(=O)c2cc(S(=O)(=O)N3CCOCC3)ccc2Cl)c1. The molecule has 0 aromatic heterocycles. The fourth-order valence-corrected chi connectivity index (χ4v) is 4.60. The fourth-order valence-electron chi connectivity index (χ4n) is 2.97. The topological polar surface area (TPSA) is 102 Å². The second-order valence-corrected chi connectivity index (χ2v) is 8.98. The molecule has 160 valence electrons. The number of nitrogens with zero attached hydrogens (tertiary/aromatic N) is 1. The van der Waals surface area contributed by atoms with Crippen molar-refractivity contribution in [3.05, 3.63) is 58.1 Å². The van der Waals surface area contributed by atoms with Crippen LogP contribution in [-0.4, -0.2) is 58.0 Å². The first-order valence-corrected chi connectivity index (χ1v) is 10.9. The minimum atomic E-state index is -3.78. The van der Waals surface area contributed by atoms with E-state index < -0.39 is 21.9 Å². The average molecular weight is 453 g/mol. The number of hydrogen-bond acceptors (Lipinski definition) is 6. The molecule has 1 fully saturated rings. The zero-order chi connectivity index (χ0) is 21.9. The van der Waals surface area contributed by atoms with Gasteiger partial charge in [0.25, 0.3) is 5.91 Å². The van der Waals surface area contributed by atoms with E-state index in [0.717, 1.165) is 0 Å². The molecule has 10 heteroatoms. The lowest BCUT2D eigenvalue weighted by molar-refractivity contribution is 0.0600. The standard InChI is InChI=1S/C20H21ClN2O6S/c1-13-3-4-14(20(25)28-2)11-18(13)22-19(24)16-12-15(5-6-17(16)21)30(26,27)23-7-9-29-10-8-23/h3-6,11-12H,7-10H2,1-2H3,(H,22,24). The van der Waals surface area contributed by atoms with Gasteiger partial charge in [0.05, 0.1) is 41.4 Å². The zero-order valence-electron chi connectivity index (χ0n) is 16.5. The van der Waals surface area contributed by atoms with Gasteiger partial charge in [-0.2, -0.15) is 4.31 Å². The molecule has 8 nitrogen and oxygen atoms in total. The predicted octanol–water partition coefficient (Wildman–Crippen LogP) is 2.71. The van der Waals surface area contributed by atoms with Crippen LogP contribution in [0, 0.1) is 6.92 Å². The molecule has 0 radical (unpaired) electrons. The molecular weight excluding hydrogens is 432 g/mol. The Kier molecular flexibility index (Phi) is 6.77. The Balaban J connectivity index is 1.90. The lowest BCUT2D eigenvalue weighted by Gasteiger charge is -2.26. The second kappa shape index (κ2) is 9.13. The molecule has 2 aromatic rings. The first-order valence-electron chi connectivity index (χ1n) is 9.12. The van der Waals surface area contributed by atoms with E-state index in [-0.39, 0.29) is 34.1 Å². The highest BCUT2D eigenvalue weighted by Crippen LogP contribution is 2.25. The van der Waals surface area contributed by atoms with E-state index in [1.807, 2.05) is 0 Å². The van der Waals surface area contributed by atoms with E-state index in [1.165, 1.54) is 35.7 Å². The number of halogens is 1. The summed E-state index contributed by atoms with van der Waals surface area (Å²) in [6.45, 7) is 2.88. The van der Waals surface area contributed by atoms with Gasteiger partial charge in [0.2, 0.25) is 10.0 Å². The summed E-state index contributed by atoms with van der Waals surface area (Å²) in [6, 6.07) is 8.74. The molecular formula is C20H21ClN2O6S. The van der Waals surface area contributed by atoms with Crippen LogP contribution in [0.5, 0.6) is 0 Å². The first kappa shape index (κ1) is 22.2. The molecule has 0 unspecified atom stereocenters. The summed E-state index contributed by atoms with van der Waals surface area (Å²) in [6.07, 6.45) is 0. The molecule has 1 heterocycles. The Morgan fingerprint density at radius 2 is 1.83 bits per heavy atom. The zero-order valence-corrected chi connectivity index (χ0v) is 18.0. The summed E-state index contributed by atoms with van der Waals surface area (Å²) in [5, 5.41) is 2.79. The van der Waals surface area contributed by atoms with Crippen molar-refractivity contribution in [3.8, 4) is 0 Å². The van der Waals surface area contributed by atoms with Crippen LogP contribution in [0.3, 0.4) is 0 Å². The molecule has 0 spiro atoms. The van der Waals surface area contributed by atoms with Gasteiger partial charge in [-0.25, -0.2) is 13.2 Å². The number of carbonyl (C=O) groups is 2. The van der Waals surface area contributed by atoms with Gasteiger partial charge in [0.15, 0.2) is 0 Å². The van der Waals surface area contributed by atoms with E-state index in [2.05, 4.69) is 5.32 Å². The molecule has 1 saturated heterocycles. The Morgan fingerprint density at radius 1 is 1.13 bits per heavy atom. The van der Waals surface area contributed by atoms with E-state index in [0.29, 0.717) is 24.5 Å². The fraction of sp³-hybridized carbons (Fsp3) is 0.300. The van der Waals surface area contributed by atoms with Crippen LogP contribution in [0.1, 0.15) is 26.3 Å². The number of benzene rings is 2. The minimum Gasteiger partial charge on any atom is -0.465 e. The van der Waals surface area contributed by atoms with Crippen molar-refractivity contribution in [1.29, 1.82) is 0 Å². The van der Waals surface area contributed by atoms with Crippen molar-refractivity contribution < 1.29 is 27.5 Å². The van der Waals surface area contributed by atoms with E-state index in [1.54, 1.807) is 19.1 Å². The monoisotopic (exact) mass is 452 g/mol. The maximum absolute atomic E-state index is 12.9. The Morgan fingerprint density at radius 3 is 2.50 bits per heavy atom. The van der Waals surface area contributed by atoms with Crippen molar-refractivity contribution in [2.75, 3.05) is 38.7 Å². The number of nitrogens with one attached hydrogen (secondary N) is 1. The Hall–Kier alpha value is -2.46. The quantitative estimate of drug-likeness (QED) is 0.700. The lowest BCUT2D eigenvalue weighted by atomic mass is 10.1. The van der Waals surface area contributed by atoms with Gasteiger partial charge in [-0.1, -0.05) is 17.7 Å². The van der Waals surface area contributed by atoms with Crippen LogP contribution < -0.4 is 5.32 Å². The number of hydrogen-bond donors (Lipinski definition) is 1. The third-order valence-electron chi connectivity index (χ3n) is 4.70. The number of sulfonamides is 1. The number of rotatable bonds is 5. The summed E-state index contributed by atoms with van der Waals surface area (Å²) < 4.78 is 37.0. The molecule has 30 heavy (non-hydrogen) atoms. The van der Waals surface area contributed by atoms with Crippen molar-refractivity contribution in [2.24, 2.45) is 0 Å². The van der Waals surface area contributed by atoms with Crippen LogP contribution in [0.15, 0.2) is 41.3 Å². The van der Waals surface area contributed by atoms with Gasteiger partial charge in [0.1, 0.15) is 0 Å². The van der Waals surface area contributed by atoms with Crippen LogP contribution in [-0.2, 0) is 19.5 Å². The minimum absolute atomic E-state index is 0.00822. The van der Waals surface area contributed by atoms with Gasteiger partial charge in [0, 0.05) is 18.8 Å². The Labute approximate surface area is 179 Å². The van der Waals surface area contributed by atoms with Crippen molar-refractivity contribution in [2.45, 2.75) is 11.8 Å². The predicted molar refractivity (Wildman–Crippen MR) is 112 cm³/mol. The lowest BCUT2D eigenvalue weighted by Crippen LogP contribution is -2.40. The van der Waals surface area contributed by atoms with Crippen LogP contribution >= 0.6 is 11.6 Å². The third kappa shape index (κ3) is 4.65. The molecule has 1 aliphatic rings. The van der Waals surface area contributed by atoms with Gasteiger partial charge in [-0.3, -0.25) is 4.79 Å². The summed E-state index contributed by atoms with van der Waals surface area (Å²) >= 11 is 6.17. The molecule has 0 bridgehead atoms. The number of morpholine rings is 1. The van der Waals surface area contributed by atoms with Gasteiger partial charge in [-0.05, 0) is 42.8 Å². The smallest absolute Gasteiger partial charge is 0.337 e. The highest BCUT2D eigenvalue weighted by molar-refractivity contribution is 7.89. The van der Waals surface area contributed by atoms with Gasteiger partial charge >= 0.3 is 5.97 Å². The molecule has 2 aromatic carbocycles. The molecule has 0 atom stereocenters. The van der Waals surface area contributed by atoms with Crippen molar-refractivity contribution in [3.63, 3.8) is 0 Å². The van der Waals surface area contributed by atoms with Crippen molar-refractivity contribution in [1.82, 2.24) is 4.31 Å². The highest BCUT2D eigenvalue weighted by atomic mass is 35.5. The third-order valence-corrected chi connectivity index (χ3v) is 6.92. The molecule has 1 amide bonds. The number of esters is 1. The molecule has 0 saturated carbocycles. The molecule has 3 rings (SSSR count). The maximum atomic E-state index is 12.9. The summed E-state index contributed by atoms with van der Waals surface area (Å²) in [7, 11) is -2.52. The summed E-state index contributed by atoms with van der Waals surface area (Å²) in [5.74, 6) is -1.13. The largest absolute Gasteiger partial charge is 0.465 e. The first-order chi connectivity index (χ1) is 14.2. The van der Waals surface area contributed by atoms with E-state index >= 15 is 0 Å². The number of amides is 1. The molecule has 1 N–H and O–H groups in total. The number of methoxy groups -OCH3 is 1. The molecule has 1 aliphatic heterocycles. The van der Waals surface area contributed by atoms with Gasteiger partial charge in [-0.15, -0.1) is 0 Å². The normalized spacial score (nSPS) is 14.9. The number of anilines is 1. The maximum Gasteiger partial charge on any atom is 0.337 e. The second-order valence-electron chi connectivity index (χ2n) is 6.63. The van der Waals surface area contributed by atoms with Crippen molar-refractivity contribution >= 4 is 39.2 Å². The highest BCUT2D eigenvalue weighted by Gasteiger charge is 2.27. The van der Waals surface area contributed by atoms with Gasteiger partial charge < -0.3 is 14.8 Å². The molecule has 0 aliphatic carbocycles. The number of carbonyl (C=O) groups excluding carboxylic acids is 2. The van der Waals surface area contributed by atoms with E-state index in [4.69, 9.17) is 21.1 Å². The summed E-state index contributed by atoms with van der Waals surface area (Å²) in [5.41, 5.74) is 1.38. The Bertz CT molecular complexity index is 1080. The van der Waals surface area contributed by atoms with Crippen LogP contribution in [0.4, 0.5) is 5.69 Å². The van der Waals surface area contributed by atoms with Crippen LogP contribution in [0.25, 0.3) is 0 Å².